The van der Waals surface area contributed by atoms with Gasteiger partial charge in [-0.25, -0.2) is 0 Å². The number of amides is 1. The van der Waals surface area contributed by atoms with E-state index in [1.54, 1.807) is 7.05 Å². The van der Waals surface area contributed by atoms with E-state index < -0.39 is 0 Å². The highest BCUT2D eigenvalue weighted by atomic mass is 16.1. The fourth-order valence-electron chi connectivity index (χ4n) is 1.56. The summed E-state index contributed by atoms with van der Waals surface area (Å²) < 4.78 is 0. The van der Waals surface area contributed by atoms with Gasteiger partial charge in [-0.2, -0.15) is 0 Å². The van der Waals surface area contributed by atoms with E-state index in [-0.39, 0.29) is 5.91 Å². The SMILES string of the molecule is CCCC(CCC)NCCC(=O)NC. The topological polar surface area (TPSA) is 41.1 Å². The number of nitrogens with one attached hydrogen (secondary N) is 2. The van der Waals surface area contributed by atoms with Crippen LogP contribution in [0.15, 0.2) is 0 Å². The molecule has 0 aromatic carbocycles. The maximum Gasteiger partial charge on any atom is 0.221 e. The average Bonchev–Trinajstić information content (AvgIpc) is 2.18. The highest BCUT2D eigenvalue weighted by molar-refractivity contribution is 5.75. The minimum Gasteiger partial charge on any atom is -0.359 e. The molecule has 0 aliphatic heterocycles. The van der Waals surface area contributed by atoms with Gasteiger partial charge in [0.1, 0.15) is 0 Å². The molecule has 0 saturated heterocycles. The van der Waals surface area contributed by atoms with Crippen molar-refractivity contribution >= 4 is 5.91 Å². The molecule has 1 amide bonds. The first-order chi connectivity index (χ1) is 6.74. The lowest BCUT2D eigenvalue weighted by Crippen LogP contribution is -2.32. The van der Waals surface area contributed by atoms with Gasteiger partial charge in [0, 0.05) is 26.1 Å². The summed E-state index contributed by atoms with van der Waals surface area (Å²) in [5.74, 6) is 0.115. The summed E-state index contributed by atoms with van der Waals surface area (Å²) in [7, 11) is 1.68. The van der Waals surface area contributed by atoms with Crippen molar-refractivity contribution in [2.45, 2.75) is 52.0 Å². The summed E-state index contributed by atoms with van der Waals surface area (Å²) in [5.41, 5.74) is 0. The van der Waals surface area contributed by atoms with Crippen molar-refractivity contribution in [3.63, 3.8) is 0 Å². The van der Waals surface area contributed by atoms with Crippen molar-refractivity contribution in [1.82, 2.24) is 10.6 Å². The third kappa shape index (κ3) is 6.89. The van der Waals surface area contributed by atoms with Crippen LogP contribution >= 0.6 is 0 Å². The quantitative estimate of drug-likeness (QED) is 0.626. The minimum absolute atomic E-state index is 0.115. The molecular weight excluding hydrogens is 176 g/mol. The van der Waals surface area contributed by atoms with E-state index in [4.69, 9.17) is 0 Å². The monoisotopic (exact) mass is 200 g/mol. The molecule has 14 heavy (non-hydrogen) atoms. The standard InChI is InChI=1S/C11H24N2O/c1-4-6-10(7-5-2)13-9-8-11(14)12-3/h10,13H,4-9H2,1-3H3,(H,12,14). The maximum absolute atomic E-state index is 11.0. The molecular formula is C11H24N2O. The Balaban J connectivity index is 3.54. The fourth-order valence-corrected chi connectivity index (χ4v) is 1.56. The Bertz CT molecular complexity index is 142. The van der Waals surface area contributed by atoms with Crippen LogP contribution in [0.5, 0.6) is 0 Å². The lowest BCUT2D eigenvalue weighted by Gasteiger charge is -2.16. The molecule has 0 bridgehead atoms. The molecule has 0 aromatic rings. The van der Waals surface area contributed by atoms with Gasteiger partial charge < -0.3 is 10.6 Å². The second-order valence-electron chi connectivity index (χ2n) is 3.65. The van der Waals surface area contributed by atoms with E-state index in [1.807, 2.05) is 0 Å². The van der Waals surface area contributed by atoms with E-state index in [9.17, 15) is 4.79 Å². The first-order valence-electron chi connectivity index (χ1n) is 5.68. The zero-order chi connectivity index (χ0) is 10.8. The second kappa shape index (κ2) is 9.00. The number of hydrogen-bond donors (Lipinski definition) is 2. The number of hydrogen-bond acceptors (Lipinski definition) is 2. The Hall–Kier alpha value is -0.570. The van der Waals surface area contributed by atoms with Crippen LogP contribution in [0, 0.1) is 0 Å². The summed E-state index contributed by atoms with van der Waals surface area (Å²) in [5, 5.41) is 6.05. The molecule has 0 aliphatic carbocycles. The number of rotatable bonds is 8. The zero-order valence-corrected chi connectivity index (χ0v) is 9.73. The van der Waals surface area contributed by atoms with Crippen LogP contribution in [0.1, 0.15) is 46.0 Å². The maximum atomic E-state index is 11.0. The second-order valence-corrected chi connectivity index (χ2v) is 3.65. The Morgan fingerprint density at radius 2 is 1.79 bits per heavy atom. The fraction of sp³-hybridized carbons (Fsp3) is 0.909. The van der Waals surface area contributed by atoms with Gasteiger partial charge in [0.15, 0.2) is 0 Å². The van der Waals surface area contributed by atoms with E-state index in [2.05, 4.69) is 24.5 Å². The van der Waals surface area contributed by atoms with Crippen LogP contribution in [0.25, 0.3) is 0 Å². The van der Waals surface area contributed by atoms with Crippen molar-refractivity contribution in [1.29, 1.82) is 0 Å². The van der Waals surface area contributed by atoms with Gasteiger partial charge in [-0.1, -0.05) is 26.7 Å². The molecule has 84 valence electrons. The molecule has 0 spiro atoms. The van der Waals surface area contributed by atoms with E-state index in [1.165, 1.54) is 25.7 Å². The minimum atomic E-state index is 0.115. The summed E-state index contributed by atoms with van der Waals surface area (Å²) in [4.78, 5) is 11.0. The number of carbonyl (C=O) groups is 1. The molecule has 0 heterocycles. The molecule has 0 fully saturated rings. The van der Waals surface area contributed by atoms with Gasteiger partial charge in [-0.3, -0.25) is 4.79 Å². The molecule has 0 aromatic heterocycles. The molecule has 0 saturated carbocycles. The van der Waals surface area contributed by atoms with Gasteiger partial charge in [0.25, 0.3) is 0 Å². The molecule has 3 nitrogen and oxygen atoms in total. The lowest BCUT2D eigenvalue weighted by atomic mass is 10.1. The smallest absolute Gasteiger partial charge is 0.221 e. The van der Waals surface area contributed by atoms with Gasteiger partial charge in [-0.15, -0.1) is 0 Å². The average molecular weight is 200 g/mol. The van der Waals surface area contributed by atoms with Crippen molar-refractivity contribution < 1.29 is 4.79 Å². The van der Waals surface area contributed by atoms with Gasteiger partial charge in [-0.05, 0) is 12.8 Å². The van der Waals surface area contributed by atoms with Crippen LogP contribution in [0.3, 0.4) is 0 Å². The van der Waals surface area contributed by atoms with Gasteiger partial charge in [0.05, 0.1) is 0 Å². The molecule has 0 atom stereocenters. The highest BCUT2D eigenvalue weighted by Gasteiger charge is 2.05. The largest absolute Gasteiger partial charge is 0.359 e. The number of carbonyl (C=O) groups excluding carboxylic acids is 1. The Labute approximate surface area is 87.6 Å². The summed E-state index contributed by atoms with van der Waals surface area (Å²) in [6.45, 7) is 5.19. The van der Waals surface area contributed by atoms with Crippen LogP contribution in [-0.2, 0) is 4.79 Å². The van der Waals surface area contributed by atoms with E-state index in [0.29, 0.717) is 12.5 Å². The molecule has 0 radical (unpaired) electrons. The summed E-state index contributed by atoms with van der Waals surface area (Å²) >= 11 is 0. The Morgan fingerprint density at radius 1 is 1.21 bits per heavy atom. The van der Waals surface area contributed by atoms with E-state index in [0.717, 1.165) is 6.54 Å². The summed E-state index contributed by atoms with van der Waals surface area (Å²) in [6, 6.07) is 0.592. The third-order valence-electron chi connectivity index (χ3n) is 2.34. The predicted molar refractivity (Wildman–Crippen MR) is 60.3 cm³/mol. The van der Waals surface area contributed by atoms with Gasteiger partial charge in [0.2, 0.25) is 5.91 Å². The van der Waals surface area contributed by atoms with Crippen molar-refractivity contribution in [2.75, 3.05) is 13.6 Å². The Morgan fingerprint density at radius 3 is 2.21 bits per heavy atom. The molecule has 0 rings (SSSR count). The zero-order valence-electron chi connectivity index (χ0n) is 9.73. The molecule has 0 aliphatic rings. The Kier molecular flexibility index (Phi) is 8.64. The summed E-state index contributed by atoms with van der Waals surface area (Å²) in [6.07, 6.45) is 5.42. The molecule has 3 heteroatoms. The normalized spacial score (nSPS) is 10.6. The van der Waals surface area contributed by atoms with Crippen molar-refractivity contribution in [3.8, 4) is 0 Å². The van der Waals surface area contributed by atoms with Crippen LogP contribution < -0.4 is 10.6 Å². The highest BCUT2D eigenvalue weighted by Crippen LogP contribution is 2.03. The van der Waals surface area contributed by atoms with Crippen LogP contribution in [-0.4, -0.2) is 25.5 Å². The first-order valence-corrected chi connectivity index (χ1v) is 5.68. The molecule has 2 N–H and O–H groups in total. The van der Waals surface area contributed by atoms with Crippen LogP contribution in [0.4, 0.5) is 0 Å². The molecule has 0 unspecified atom stereocenters. The van der Waals surface area contributed by atoms with E-state index >= 15 is 0 Å². The first kappa shape index (κ1) is 13.4. The van der Waals surface area contributed by atoms with Crippen molar-refractivity contribution in [3.05, 3.63) is 0 Å². The van der Waals surface area contributed by atoms with Crippen LogP contribution in [0.2, 0.25) is 0 Å². The van der Waals surface area contributed by atoms with Gasteiger partial charge >= 0.3 is 0 Å². The predicted octanol–water partition coefficient (Wildman–Crippen LogP) is 1.68. The third-order valence-corrected chi connectivity index (χ3v) is 2.34. The van der Waals surface area contributed by atoms with Crippen molar-refractivity contribution in [2.24, 2.45) is 0 Å². The lowest BCUT2D eigenvalue weighted by molar-refractivity contribution is -0.120.